The Balaban J connectivity index is 1.59. The largest absolute Gasteiger partial charge is 0.393 e. The van der Waals surface area contributed by atoms with E-state index in [1.807, 2.05) is 19.1 Å². The maximum Gasteiger partial charge on any atom is 0.160 e. The number of nitrogens with zero attached hydrogens (tertiary/aromatic N) is 4. The summed E-state index contributed by atoms with van der Waals surface area (Å²) in [4.78, 5) is 15.1. The molecule has 1 saturated heterocycles. The lowest BCUT2D eigenvalue weighted by Crippen LogP contribution is -2.39. The van der Waals surface area contributed by atoms with Gasteiger partial charge in [0.2, 0.25) is 0 Å². The molecule has 8 nitrogen and oxygen atoms in total. The minimum Gasteiger partial charge on any atom is -0.393 e. The van der Waals surface area contributed by atoms with Gasteiger partial charge in [0.15, 0.2) is 11.6 Å². The lowest BCUT2D eigenvalue weighted by molar-refractivity contribution is 0.0398. The number of anilines is 4. The van der Waals surface area contributed by atoms with Crippen LogP contribution in [0.3, 0.4) is 0 Å². The third-order valence-electron chi connectivity index (χ3n) is 3.87. The third-order valence-corrected chi connectivity index (χ3v) is 3.87. The minimum atomic E-state index is 0.488. The predicted octanol–water partition coefficient (Wildman–Crippen LogP) is 1.25. The van der Waals surface area contributed by atoms with E-state index in [1.165, 1.54) is 6.33 Å². The zero-order chi connectivity index (χ0) is 16.8. The van der Waals surface area contributed by atoms with Crippen LogP contribution in [-0.4, -0.2) is 59.2 Å². The van der Waals surface area contributed by atoms with E-state index >= 15 is 0 Å². The second-order valence-electron chi connectivity index (χ2n) is 5.71. The van der Waals surface area contributed by atoms with Crippen LogP contribution in [-0.2, 0) is 4.74 Å². The van der Waals surface area contributed by atoms with Crippen LogP contribution in [0.2, 0.25) is 0 Å². The number of nitrogen functional groups attached to an aromatic ring is 1. The van der Waals surface area contributed by atoms with Crippen LogP contribution in [0.25, 0.3) is 0 Å². The quantitative estimate of drug-likeness (QED) is 0.728. The molecule has 0 aliphatic carbocycles. The second kappa shape index (κ2) is 7.89. The monoisotopic (exact) mass is 329 g/mol. The van der Waals surface area contributed by atoms with Crippen LogP contribution in [0.5, 0.6) is 0 Å². The molecule has 128 valence electrons. The minimum absolute atomic E-state index is 0.488. The lowest BCUT2D eigenvalue weighted by Gasteiger charge is -2.26. The molecule has 0 saturated carbocycles. The van der Waals surface area contributed by atoms with E-state index in [2.05, 4.69) is 30.5 Å². The van der Waals surface area contributed by atoms with E-state index in [-0.39, 0.29) is 0 Å². The number of ether oxygens (including phenoxy) is 1. The third kappa shape index (κ3) is 4.30. The average molecular weight is 329 g/mol. The molecular weight excluding hydrogens is 306 g/mol. The summed E-state index contributed by atoms with van der Waals surface area (Å²) < 4.78 is 5.35. The first kappa shape index (κ1) is 16.4. The summed E-state index contributed by atoms with van der Waals surface area (Å²) in [7, 11) is 0. The lowest BCUT2D eigenvalue weighted by atomic mass is 10.3. The molecule has 1 fully saturated rings. The molecule has 0 aromatic carbocycles. The Morgan fingerprint density at radius 1 is 1.17 bits per heavy atom. The Bertz CT molecular complexity index is 656. The van der Waals surface area contributed by atoms with E-state index in [1.54, 1.807) is 6.20 Å². The van der Waals surface area contributed by atoms with Crippen molar-refractivity contribution in [1.29, 1.82) is 0 Å². The summed E-state index contributed by atoms with van der Waals surface area (Å²) in [6, 6.07) is 3.87. The number of rotatable bonds is 6. The number of nitrogens with two attached hydrogens (primary N) is 1. The Morgan fingerprint density at radius 2 is 1.96 bits per heavy atom. The van der Waals surface area contributed by atoms with Crippen molar-refractivity contribution < 1.29 is 4.74 Å². The first-order chi connectivity index (χ1) is 11.7. The first-order valence-electron chi connectivity index (χ1n) is 8.06. The standard InChI is InChI=1S/C16H23N7O/c1-12-2-3-13(19-10-12)22-16-14(17)15(20-11-21-16)18-4-5-23-6-8-24-9-7-23/h2-3,10-11H,4-9,17H2,1H3,(H2,18,19,20,21,22). The highest BCUT2D eigenvalue weighted by molar-refractivity contribution is 5.76. The van der Waals surface area contributed by atoms with Gasteiger partial charge >= 0.3 is 0 Å². The van der Waals surface area contributed by atoms with Crippen LogP contribution < -0.4 is 16.4 Å². The van der Waals surface area contributed by atoms with E-state index in [0.717, 1.165) is 45.0 Å². The molecule has 2 aromatic heterocycles. The highest BCUT2D eigenvalue weighted by atomic mass is 16.5. The van der Waals surface area contributed by atoms with Crippen molar-refractivity contribution >= 4 is 23.1 Å². The van der Waals surface area contributed by atoms with Crippen LogP contribution in [0, 0.1) is 6.92 Å². The predicted molar refractivity (Wildman–Crippen MR) is 94.4 cm³/mol. The number of hydrogen-bond acceptors (Lipinski definition) is 8. The Hall–Kier alpha value is -2.45. The number of hydrogen-bond donors (Lipinski definition) is 3. The summed E-state index contributed by atoms with van der Waals surface area (Å²) in [5.41, 5.74) is 7.76. The second-order valence-corrected chi connectivity index (χ2v) is 5.71. The summed E-state index contributed by atoms with van der Waals surface area (Å²) >= 11 is 0. The molecule has 0 atom stereocenters. The van der Waals surface area contributed by atoms with Crippen molar-refractivity contribution in [2.24, 2.45) is 0 Å². The highest BCUT2D eigenvalue weighted by Crippen LogP contribution is 2.24. The molecule has 0 radical (unpaired) electrons. The van der Waals surface area contributed by atoms with E-state index < -0.39 is 0 Å². The van der Waals surface area contributed by atoms with Gasteiger partial charge in [-0.3, -0.25) is 4.90 Å². The van der Waals surface area contributed by atoms with Gasteiger partial charge in [0.25, 0.3) is 0 Å². The van der Waals surface area contributed by atoms with Gasteiger partial charge < -0.3 is 21.1 Å². The Labute approximate surface area is 141 Å². The molecule has 0 unspecified atom stereocenters. The fourth-order valence-corrected chi connectivity index (χ4v) is 2.46. The molecule has 0 bridgehead atoms. The van der Waals surface area contributed by atoms with Crippen molar-refractivity contribution in [3.8, 4) is 0 Å². The maximum atomic E-state index is 6.17. The summed E-state index contributed by atoms with van der Waals surface area (Å²) in [5, 5.41) is 6.40. The van der Waals surface area contributed by atoms with Gasteiger partial charge in [0.05, 0.1) is 13.2 Å². The molecule has 1 aliphatic rings. The van der Waals surface area contributed by atoms with E-state index in [4.69, 9.17) is 10.5 Å². The Kier molecular flexibility index (Phi) is 5.39. The van der Waals surface area contributed by atoms with Gasteiger partial charge in [-0.15, -0.1) is 0 Å². The van der Waals surface area contributed by atoms with Crippen LogP contribution in [0.1, 0.15) is 5.56 Å². The molecule has 24 heavy (non-hydrogen) atoms. The molecule has 4 N–H and O–H groups in total. The van der Waals surface area contributed by atoms with Gasteiger partial charge in [-0.1, -0.05) is 6.07 Å². The number of morpholine rings is 1. The highest BCUT2D eigenvalue weighted by Gasteiger charge is 2.11. The van der Waals surface area contributed by atoms with E-state index in [9.17, 15) is 0 Å². The summed E-state index contributed by atoms with van der Waals surface area (Å²) in [6.07, 6.45) is 3.28. The first-order valence-corrected chi connectivity index (χ1v) is 8.06. The number of aromatic nitrogens is 3. The number of nitrogens with one attached hydrogen (secondary N) is 2. The summed E-state index contributed by atoms with van der Waals surface area (Å²) in [5.74, 6) is 1.88. The molecule has 0 spiro atoms. The number of aryl methyl sites for hydroxylation is 1. The fourth-order valence-electron chi connectivity index (χ4n) is 2.46. The average Bonchev–Trinajstić information content (AvgIpc) is 2.61. The Morgan fingerprint density at radius 3 is 2.71 bits per heavy atom. The number of pyridine rings is 1. The van der Waals surface area contributed by atoms with Crippen molar-refractivity contribution in [2.45, 2.75) is 6.92 Å². The van der Waals surface area contributed by atoms with Crippen LogP contribution >= 0.6 is 0 Å². The van der Waals surface area contributed by atoms with Crippen molar-refractivity contribution in [1.82, 2.24) is 19.9 Å². The van der Waals surface area contributed by atoms with Crippen molar-refractivity contribution in [3.05, 3.63) is 30.2 Å². The molecular formula is C16H23N7O. The van der Waals surface area contributed by atoms with Crippen LogP contribution in [0.15, 0.2) is 24.7 Å². The van der Waals surface area contributed by atoms with Crippen LogP contribution in [0.4, 0.5) is 23.1 Å². The smallest absolute Gasteiger partial charge is 0.160 e. The van der Waals surface area contributed by atoms with Gasteiger partial charge in [-0.25, -0.2) is 15.0 Å². The van der Waals surface area contributed by atoms with Gasteiger partial charge in [0, 0.05) is 32.4 Å². The topological polar surface area (TPSA) is 101 Å². The van der Waals surface area contributed by atoms with Crippen molar-refractivity contribution in [3.63, 3.8) is 0 Å². The van der Waals surface area contributed by atoms with Gasteiger partial charge in [-0.05, 0) is 18.6 Å². The zero-order valence-electron chi connectivity index (χ0n) is 13.8. The fraction of sp³-hybridized carbons (Fsp3) is 0.438. The van der Waals surface area contributed by atoms with E-state index in [0.29, 0.717) is 23.1 Å². The molecule has 2 aromatic rings. The normalized spacial score (nSPS) is 15.2. The SMILES string of the molecule is Cc1ccc(Nc2ncnc(NCCN3CCOCC3)c2N)nc1. The maximum absolute atomic E-state index is 6.17. The molecule has 3 rings (SSSR count). The van der Waals surface area contributed by atoms with Crippen molar-refractivity contribution in [2.75, 3.05) is 55.8 Å². The summed E-state index contributed by atoms with van der Waals surface area (Å²) in [6.45, 7) is 7.21. The molecule has 3 heterocycles. The van der Waals surface area contributed by atoms with Gasteiger partial charge in [-0.2, -0.15) is 0 Å². The zero-order valence-corrected chi connectivity index (χ0v) is 13.8. The molecule has 0 amide bonds. The molecule has 1 aliphatic heterocycles. The molecule has 8 heteroatoms. The van der Waals surface area contributed by atoms with Gasteiger partial charge in [0.1, 0.15) is 17.8 Å².